The van der Waals surface area contributed by atoms with Crippen LogP contribution in [0.15, 0.2) is 36.5 Å². The zero-order chi connectivity index (χ0) is 14.5. The van der Waals surface area contributed by atoms with E-state index >= 15 is 0 Å². The van der Waals surface area contributed by atoms with Crippen LogP contribution in [0.2, 0.25) is 0 Å². The summed E-state index contributed by atoms with van der Waals surface area (Å²) in [5.41, 5.74) is 7.78. The highest BCUT2D eigenvalue weighted by Crippen LogP contribution is 2.19. The van der Waals surface area contributed by atoms with Crippen LogP contribution in [0.25, 0.3) is 10.9 Å². The van der Waals surface area contributed by atoms with Crippen LogP contribution in [0.5, 0.6) is 0 Å². The fourth-order valence-electron chi connectivity index (χ4n) is 2.28. The maximum atomic E-state index is 12.1. The number of para-hydroxylation sites is 1. The summed E-state index contributed by atoms with van der Waals surface area (Å²) in [5.74, 6) is -0.208. The van der Waals surface area contributed by atoms with E-state index in [0.717, 1.165) is 16.5 Å². The molecule has 0 aliphatic heterocycles. The molecule has 1 heterocycles. The molecule has 1 atom stereocenters. The van der Waals surface area contributed by atoms with Crippen LogP contribution in [0.4, 0.5) is 0 Å². The maximum absolute atomic E-state index is 12.1. The molecule has 4 nitrogen and oxygen atoms in total. The van der Waals surface area contributed by atoms with E-state index < -0.39 is 0 Å². The topological polar surface area (TPSA) is 68.0 Å². The van der Waals surface area contributed by atoms with Crippen molar-refractivity contribution in [3.63, 3.8) is 0 Å². The Bertz CT molecular complexity index is 590. The van der Waals surface area contributed by atoms with E-state index in [9.17, 15) is 4.79 Å². The summed E-state index contributed by atoms with van der Waals surface area (Å²) in [6.07, 6.45) is 2.39. The Kier molecular flexibility index (Phi) is 4.69. The number of aromatic nitrogens is 1. The maximum Gasteiger partial charge on any atom is 0.224 e. The lowest BCUT2D eigenvalue weighted by Gasteiger charge is -2.17. The number of carbonyl (C=O) groups is 1. The molecular formula is C16H21N3O. The van der Waals surface area contributed by atoms with Crippen LogP contribution >= 0.6 is 0 Å². The van der Waals surface area contributed by atoms with Crippen molar-refractivity contribution >= 4 is 16.8 Å². The first kappa shape index (κ1) is 14.5. The minimum Gasteiger partial charge on any atom is -0.354 e. The van der Waals surface area contributed by atoms with E-state index in [2.05, 4.69) is 10.3 Å². The number of nitrogens with zero attached hydrogens (tertiary/aromatic N) is 1. The van der Waals surface area contributed by atoms with Crippen LogP contribution in [-0.4, -0.2) is 23.5 Å². The second-order valence-electron chi connectivity index (χ2n) is 5.29. The fourth-order valence-corrected chi connectivity index (χ4v) is 2.28. The molecule has 0 saturated heterocycles. The van der Waals surface area contributed by atoms with Gasteiger partial charge >= 0.3 is 0 Å². The largest absolute Gasteiger partial charge is 0.354 e. The van der Waals surface area contributed by atoms with Gasteiger partial charge in [-0.25, -0.2) is 0 Å². The average Bonchev–Trinajstić information content (AvgIpc) is 2.44. The summed E-state index contributed by atoms with van der Waals surface area (Å²) in [6.45, 7) is 4.23. The third kappa shape index (κ3) is 3.33. The summed E-state index contributed by atoms with van der Waals surface area (Å²) in [4.78, 5) is 16.5. The van der Waals surface area contributed by atoms with E-state index in [4.69, 9.17) is 5.73 Å². The number of hydrogen-bond acceptors (Lipinski definition) is 3. The SMILES string of the molecule is CC(C)NC(=O)C(CN)Cc1cccc2cccnc12. The lowest BCUT2D eigenvalue weighted by Crippen LogP contribution is -2.39. The molecule has 0 aliphatic carbocycles. The average molecular weight is 271 g/mol. The molecule has 4 heteroatoms. The van der Waals surface area contributed by atoms with Gasteiger partial charge in [0.25, 0.3) is 0 Å². The standard InChI is InChI=1S/C16H21N3O/c1-11(2)19-16(20)14(10-17)9-13-6-3-5-12-7-4-8-18-15(12)13/h3-8,11,14H,9-10,17H2,1-2H3,(H,19,20). The normalized spacial score (nSPS) is 12.6. The van der Waals surface area contributed by atoms with Crippen molar-refractivity contribution in [2.24, 2.45) is 11.7 Å². The molecule has 1 unspecified atom stereocenters. The highest BCUT2D eigenvalue weighted by Gasteiger charge is 2.19. The minimum atomic E-state index is -0.218. The van der Waals surface area contributed by atoms with Gasteiger partial charge in [0.2, 0.25) is 5.91 Å². The Hall–Kier alpha value is -1.94. The van der Waals surface area contributed by atoms with Gasteiger partial charge in [-0.2, -0.15) is 0 Å². The smallest absolute Gasteiger partial charge is 0.224 e. The van der Waals surface area contributed by atoms with Crippen LogP contribution in [0, 0.1) is 5.92 Å². The summed E-state index contributed by atoms with van der Waals surface area (Å²) in [5, 5.41) is 4.01. The first-order valence-corrected chi connectivity index (χ1v) is 6.95. The second kappa shape index (κ2) is 6.48. The van der Waals surface area contributed by atoms with E-state index in [1.165, 1.54) is 0 Å². The van der Waals surface area contributed by atoms with Gasteiger partial charge in [-0.05, 0) is 31.9 Å². The molecule has 1 aromatic heterocycles. The van der Waals surface area contributed by atoms with E-state index in [1.54, 1.807) is 6.20 Å². The number of amides is 1. The third-order valence-electron chi connectivity index (χ3n) is 3.27. The molecule has 2 aromatic rings. The highest BCUT2D eigenvalue weighted by atomic mass is 16.1. The molecule has 0 spiro atoms. The Labute approximate surface area is 119 Å². The van der Waals surface area contributed by atoms with Crippen molar-refractivity contribution in [1.82, 2.24) is 10.3 Å². The van der Waals surface area contributed by atoms with Crippen LogP contribution in [0.3, 0.4) is 0 Å². The van der Waals surface area contributed by atoms with Gasteiger partial charge in [0.1, 0.15) is 0 Å². The van der Waals surface area contributed by atoms with E-state index in [0.29, 0.717) is 13.0 Å². The number of nitrogens with one attached hydrogen (secondary N) is 1. The van der Waals surface area contributed by atoms with Gasteiger partial charge in [0.15, 0.2) is 0 Å². The summed E-state index contributed by atoms with van der Waals surface area (Å²) in [6, 6.07) is 10.1. The van der Waals surface area contributed by atoms with Crippen molar-refractivity contribution in [1.29, 1.82) is 0 Å². The number of rotatable bonds is 5. The number of fused-ring (bicyclic) bond motifs is 1. The van der Waals surface area contributed by atoms with E-state index in [-0.39, 0.29) is 17.9 Å². The van der Waals surface area contributed by atoms with Crippen molar-refractivity contribution in [3.05, 3.63) is 42.1 Å². The minimum absolute atomic E-state index is 0.00966. The van der Waals surface area contributed by atoms with Gasteiger partial charge in [-0.1, -0.05) is 24.3 Å². The second-order valence-corrected chi connectivity index (χ2v) is 5.29. The zero-order valence-corrected chi connectivity index (χ0v) is 12.0. The molecular weight excluding hydrogens is 250 g/mol. The Balaban J connectivity index is 2.23. The molecule has 1 amide bonds. The first-order chi connectivity index (χ1) is 9.61. The summed E-state index contributed by atoms with van der Waals surface area (Å²) in [7, 11) is 0. The zero-order valence-electron chi connectivity index (χ0n) is 12.0. The lowest BCUT2D eigenvalue weighted by molar-refractivity contribution is -0.125. The van der Waals surface area contributed by atoms with Crippen LogP contribution < -0.4 is 11.1 Å². The van der Waals surface area contributed by atoms with Gasteiger partial charge < -0.3 is 11.1 Å². The van der Waals surface area contributed by atoms with Crippen molar-refractivity contribution < 1.29 is 4.79 Å². The van der Waals surface area contributed by atoms with Crippen molar-refractivity contribution in [3.8, 4) is 0 Å². The molecule has 0 saturated carbocycles. The Morgan fingerprint density at radius 3 is 2.75 bits per heavy atom. The molecule has 0 radical (unpaired) electrons. The molecule has 1 aromatic carbocycles. The predicted octanol–water partition coefficient (Wildman–Crippen LogP) is 1.88. The number of hydrogen-bond donors (Lipinski definition) is 2. The molecule has 20 heavy (non-hydrogen) atoms. The number of pyridine rings is 1. The quantitative estimate of drug-likeness (QED) is 0.872. The number of nitrogens with two attached hydrogens (primary N) is 1. The first-order valence-electron chi connectivity index (χ1n) is 6.95. The molecule has 106 valence electrons. The molecule has 3 N–H and O–H groups in total. The van der Waals surface area contributed by atoms with Crippen LogP contribution in [0.1, 0.15) is 19.4 Å². The molecule has 0 bridgehead atoms. The highest BCUT2D eigenvalue weighted by molar-refractivity contribution is 5.83. The predicted molar refractivity (Wildman–Crippen MR) is 81.3 cm³/mol. The molecule has 0 aliphatic rings. The number of carbonyl (C=O) groups excluding carboxylic acids is 1. The van der Waals surface area contributed by atoms with Gasteiger partial charge in [-0.15, -0.1) is 0 Å². The Morgan fingerprint density at radius 2 is 2.05 bits per heavy atom. The monoisotopic (exact) mass is 271 g/mol. The number of benzene rings is 1. The van der Waals surface area contributed by atoms with E-state index in [1.807, 2.05) is 44.2 Å². The van der Waals surface area contributed by atoms with Gasteiger partial charge in [-0.3, -0.25) is 9.78 Å². The van der Waals surface area contributed by atoms with Crippen LogP contribution in [-0.2, 0) is 11.2 Å². The summed E-state index contributed by atoms with van der Waals surface area (Å²) < 4.78 is 0. The summed E-state index contributed by atoms with van der Waals surface area (Å²) >= 11 is 0. The van der Waals surface area contributed by atoms with Gasteiger partial charge in [0, 0.05) is 24.2 Å². The van der Waals surface area contributed by atoms with Crippen molar-refractivity contribution in [2.75, 3.05) is 6.54 Å². The molecule has 2 rings (SSSR count). The third-order valence-corrected chi connectivity index (χ3v) is 3.27. The molecule has 0 fully saturated rings. The lowest BCUT2D eigenvalue weighted by atomic mass is 9.96. The fraction of sp³-hybridized carbons (Fsp3) is 0.375. The van der Waals surface area contributed by atoms with Gasteiger partial charge in [0.05, 0.1) is 11.4 Å². The Morgan fingerprint density at radius 1 is 1.30 bits per heavy atom. The van der Waals surface area contributed by atoms with Crippen molar-refractivity contribution in [2.45, 2.75) is 26.3 Å².